The number of methoxy groups -OCH3 is 2. The molecule has 23 heavy (non-hydrogen) atoms. The van der Waals surface area contributed by atoms with Crippen molar-refractivity contribution in [1.82, 2.24) is 14.5 Å². The third-order valence-corrected chi connectivity index (χ3v) is 4.06. The number of imidazole rings is 1. The zero-order valence-corrected chi connectivity index (χ0v) is 13.5. The van der Waals surface area contributed by atoms with Crippen molar-refractivity contribution in [3.8, 4) is 5.75 Å². The molecular weight excluding hydrogens is 296 g/mol. The molecule has 0 unspecified atom stereocenters. The maximum atomic E-state index is 10.3. The summed E-state index contributed by atoms with van der Waals surface area (Å²) in [6.45, 7) is 1.37. The third kappa shape index (κ3) is 2.53. The van der Waals surface area contributed by atoms with Gasteiger partial charge in [-0.15, -0.1) is 0 Å². The van der Waals surface area contributed by atoms with E-state index in [4.69, 9.17) is 14.9 Å². The molecule has 7 nitrogen and oxygen atoms in total. The van der Waals surface area contributed by atoms with Crippen LogP contribution in [0.5, 0.6) is 5.75 Å². The van der Waals surface area contributed by atoms with Gasteiger partial charge in [-0.3, -0.25) is 5.41 Å². The fraction of sp³-hybridized carbons (Fsp3) is 0.375. The summed E-state index contributed by atoms with van der Waals surface area (Å²) < 4.78 is 12.2. The molecule has 0 amide bonds. The van der Waals surface area contributed by atoms with Crippen molar-refractivity contribution >= 4 is 22.4 Å². The van der Waals surface area contributed by atoms with E-state index in [1.54, 1.807) is 19.1 Å². The Labute approximate surface area is 134 Å². The largest absolute Gasteiger partial charge is 0.510 e. The Bertz CT molecular complexity index is 794. The minimum atomic E-state index is 0.163. The molecule has 122 valence electrons. The summed E-state index contributed by atoms with van der Waals surface area (Å²) in [6.07, 6.45) is 0. The van der Waals surface area contributed by atoms with Crippen LogP contribution in [0, 0.1) is 5.41 Å². The van der Waals surface area contributed by atoms with E-state index in [9.17, 15) is 5.11 Å². The smallest absolute Gasteiger partial charge is 0.148 e. The zero-order chi connectivity index (χ0) is 16.6. The molecule has 7 heteroatoms. The van der Waals surface area contributed by atoms with E-state index in [2.05, 4.69) is 4.98 Å². The molecule has 0 atom stereocenters. The topological polar surface area (TPSA) is 83.6 Å². The Morgan fingerprint density at radius 2 is 2.13 bits per heavy atom. The van der Waals surface area contributed by atoms with Gasteiger partial charge in [0.1, 0.15) is 23.2 Å². The first-order valence-electron chi connectivity index (χ1n) is 7.32. The van der Waals surface area contributed by atoms with Crippen molar-refractivity contribution in [2.24, 2.45) is 7.05 Å². The lowest BCUT2D eigenvalue weighted by molar-refractivity contribution is 0.177. The van der Waals surface area contributed by atoms with Gasteiger partial charge in [-0.2, -0.15) is 0 Å². The number of amidine groups is 1. The fourth-order valence-corrected chi connectivity index (χ4v) is 2.79. The molecule has 2 N–H and O–H groups in total. The van der Waals surface area contributed by atoms with E-state index in [1.165, 1.54) is 0 Å². The first-order valence-corrected chi connectivity index (χ1v) is 7.32. The number of nitrogens with one attached hydrogen (secondary N) is 1. The molecule has 0 spiro atoms. The summed E-state index contributed by atoms with van der Waals surface area (Å²) in [5.74, 6) is 1.74. The number of aliphatic hydroxyl groups excluding tert-OH is 1. The van der Waals surface area contributed by atoms with Crippen LogP contribution < -0.4 is 4.74 Å². The zero-order valence-electron chi connectivity index (χ0n) is 13.5. The second kappa shape index (κ2) is 5.92. The second-order valence-electron chi connectivity index (χ2n) is 5.43. The highest BCUT2D eigenvalue weighted by Crippen LogP contribution is 2.29. The standard InChI is InChI=1S/C16H20N4O3/c1-19-12-5-4-10(23-3)8-11(12)18-16(19)14-13(21)9-20(15(14)17)6-7-22-2/h4-5,8,17,21H,6-7,9H2,1-3H3. The summed E-state index contributed by atoms with van der Waals surface area (Å²) >= 11 is 0. The predicted molar refractivity (Wildman–Crippen MR) is 88.0 cm³/mol. The molecule has 0 radical (unpaired) electrons. The number of nitrogens with zero attached hydrogens (tertiary/aromatic N) is 3. The van der Waals surface area contributed by atoms with Gasteiger partial charge in [-0.05, 0) is 12.1 Å². The minimum Gasteiger partial charge on any atom is -0.510 e. The first kappa shape index (κ1) is 15.4. The van der Waals surface area contributed by atoms with Gasteiger partial charge in [0, 0.05) is 26.8 Å². The highest BCUT2D eigenvalue weighted by atomic mass is 16.5. The molecule has 1 aromatic heterocycles. The van der Waals surface area contributed by atoms with E-state index in [1.807, 2.05) is 29.8 Å². The number of ether oxygens (including phenoxy) is 2. The van der Waals surface area contributed by atoms with Gasteiger partial charge in [-0.1, -0.05) is 0 Å². The quantitative estimate of drug-likeness (QED) is 0.878. The number of hydrogen-bond acceptors (Lipinski definition) is 5. The lowest BCUT2D eigenvalue weighted by Crippen LogP contribution is -2.30. The Morgan fingerprint density at radius 3 is 2.83 bits per heavy atom. The number of aryl methyl sites for hydroxylation is 1. The molecule has 0 fully saturated rings. The average Bonchev–Trinajstić information content (AvgIpc) is 3.01. The Hall–Kier alpha value is -2.54. The van der Waals surface area contributed by atoms with Crippen molar-refractivity contribution in [2.75, 3.05) is 33.9 Å². The van der Waals surface area contributed by atoms with Crippen LogP contribution in [0.1, 0.15) is 5.82 Å². The molecule has 0 saturated carbocycles. The molecule has 2 heterocycles. The van der Waals surface area contributed by atoms with Crippen molar-refractivity contribution < 1.29 is 14.6 Å². The molecule has 3 rings (SSSR count). The third-order valence-electron chi connectivity index (χ3n) is 4.06. The Kier molecular flexibility index (Phi) is 3.96. The molecule has 0 saturated heterocycles. The van der Waals surface area contributed by atoms with Crippen LogP contribution in [0.2, 0.25) is 0 Å². The Balaban J connectivity index is 2.01. The summed E-state index contributed by atoms with van der Waals surface area (Å²) in [7, 11) is 5.11. The van der Waals surface area contributed by atoms with Crippen LogP contribution in [0.15, 0.2) is 24.0 Å². The first-order chi connectivity index (χ1) is 11.1. The number of aromatic nitrogens is 2. The summed E-state index contributed by atoms with van der Waals surface area (Å²) in [6, 6.07) is 5.63. The average molecular weight is 316 g/mol. The van der Waals surface area contributed by atoms with Gasteiger partial charge in [0.2, 0.25) is 0 Å². The van der Waals surface area contributed by atoms with Gasteiger partial charge in [0.05, 0.1) is 36.9 Å². The minimum absolute atomic E-state index is 0.163. The van der Waals surface area contributed by atoms with E-state index >= 15 is 0 Å². The Morgan fingerprint density at radius 1 is 1.35 bits per heavy atom. The molecule has 1 aromatic carbocycles. The van der Waals surface area contributed by atoms with Crippen molar-refractivity contribution in [3.05, 3.63) is 29.8 Å². The lowest BCUT2D eigenvalue weighted by atomic mass is 10.2. The summed E-state index contributed by atoms with van der Waals surface area (Å²) in [5, 5.41) is 18.6. The number of rotatable bonds is 5. The molecule has 0 aliphatic carbocycles. The predicted octanol–water partition coefficient (Wildman–Crippen LogP) is 1.79. The van der Waals surface area contributed by atoms with E-state index in [0.717, 1.165) is 16.8 Å². The molecule has 2 aromatic rings. The SMILES string of the molecule is COCCN1CC(O)=C(c2nc3cc(OC)ccc3n2C)C1=N. The van der Waals surface area contributed by atoms with E-state index in [-0.39, 0.29) is 11.6 Å². The van der Waals surface area contributed by atoms with Crippen LogP contribution in [-0.2, 0) is 11.8 Å². The number of aliphatic hydroxyl groups is 1. The van der Waals surface area contributed by atoms with Gasteiger partial charge in [0.25, 0.3) is 0 Å². The van der Waals surface area contributed by atoms with Crippen molar-refractivity contribution in [3.63, 3.8) is 0 Å². The van der Waals surface area contributed by atoms with Gasteiger partial charge in [-0.25, -0.2) is 4.98 Å². The lowest BCUT2D eigenvalue weighted by Gasteiger charge is -2.17. The summed E-state index contributed by atoms with van der Waals surface area (Å²) in [4.78, 5) is 6.36. The van der Waals surface area contributed by atoms with Gasteiger partial charge >= 0.3 is 0 Å². The maximum Gasteiger partial charge on any atom is 0.148 e. The van der Waals surface area contributed by atoms with Crippen molar-refractivity contribution in [2.45, 2.75) is 0 Å². The molecular formula is C16H20N4O3. The second-order valence-corrected chi connectivity index (χ2v) is 5.43. The number of fused-ring (bicyclic) bond motifs is 1. The molecule has 1 aliphatic heterocycles. The maximum absolute atomic E-state index is 10.3. The normalized spacial score (nSPS) is 15.1. The number of benzene rings is 1. The van der Waals surface area contributed by atoms with Crippen LogP contribution in [0.25, 0.3) is 16.6 Å². The van der Waals surface area contributed by atoms with Crippen LogP contribution >= 0.6 is 0 Å². The van der Waals surface area contributed by atoms with E-state index < -0.39 is 0 Å². The van der Waals surface area contributed by atoms with Gasteiger partial charge < -0.3 is 24.0 Å². The van der Waals surface area contributed by atoms with E-state index in [0.29, 0.717) is 31.1 Å². The van der Waals surface area contributed by atoms with Crippen LogP contribution in [0.4, 0.5) is 0 Å². The monoisotopic (exact) mass is 316 g/mol. The van der Waals surface area contributed by atoms with Crippen LogP contribution in [0.3, 0.4) is 0 Å². The molecule has 0 bridgehead atoms. The number of hydrogen-bond donors (Lipinski definition) is 2. The summed E-state index contributed by atoms with van der Waals surface area (Å²) in [5.41, 5.74) is 2.16. The highest BCUT2D eigenvalue weighted by Gasteiger charge is 2.31. The van der Waals surface area contributed by atoms with Crippen LogP contribution in [-0.4, -0.2) is 59.3 Å². The molecule has 1 aliphatic rings. The fourth-order valence-electron chi connectivity index (χ4n) is 2.79. The van der Waals surface area contributed by atoms with Crippen molar-refractivity contribution in [1.29, 1.82) is 5.41 Å². The highest BCUT2D eigenvalue weighted by molar-refractivity contribution is 6.23. The van der Waals surface area contributed by atoms with Gasteiger partial charge in [0.15, 0.2) is 0 Å².